The van der Waals surface area contributed by atoms with Crippen LogP contribution in [0.2, 0.25) is 0 Å². The minimum absolute atomic E-state index is 0.498. The van der Waals surface area contributed by atoms with Crippen LogP contribution < -0.4 is 5.32 Å². The van der Waals surface area contributed by atoms with E-state index in [1.807, 2.05) is 0 Å². The number of hydrogen-bond donors (Lipinski definition) is 1. The summed E-state index contributed by atoms with van der Waals surface area (Å²) in [5, 5.41) is 3.48. The summed E-state index contributed by atoms with van der Waals surface area (Å²) < 4.78 is 0. The third-order valence-corrected chi connectivity index (χ3v) is 2.58. The van der Waals surface area contributed by atoms with Gasteiger partial charge >= 0.3 is 0 Å². The molecule has 10 heavy (non-hydrogen) atoms. The Morgan fingerprint density at radius 1 is 1.30 bits per heavy atom. The molecule has 1 fully saturated rings. The lowest BCUT2D eigenvalue weighted by atomic mass is 9.79. The Hall–Kier alpha value is -0.0400. The Morgan fingerprint density at radius 2 is 1.90 bits per heavy atom. The molecule has 1 aliphatic heterocycles. The van der Waals surface area contributed by atoms with Crippen molar-refractivity contribution in [3.05, 3.63) is 0 Å². The summed E-state index contributed by atoms with van der Waals surface area (Å²) in [6.45, 7) is 10.5. The van der Waals surface area contributed by atoms with Crippen LogP contribution in [0.1, 0.15) is 34.1 Å². The van der Waals surface area contributed by atoms with Gasteiger partial charge in [0, 0.05) is 6.04 Å². The molecule has 2 atom stereocenters. The van der Waals surface area contributed by atoms with Crippen molar-refractivity contribution in [1.29, 1.82) is 0 Å². The molecule has 0 bridgehead atoms. The molecule has 1 heterocycles. The van der Waals surface area contributed by atoms with Gasteiger partial charge in [-0.2, -0.15) is 0 Å². The predicted octanol–water partition coefficient (Wildman–Crippen LogP) is 2.03. The molecule has 0 aromatic carbocycles. The van der Waals surface area contributed by atoms with Gasteiger partial charge in [-0.1, -0.05) is 20.8 Å². The second-order valence-electron chi connectivity index (χ2n) is 4.61. The fourth-order valence-corrected chi connectivity index (χ4v) is 1.60. The maximum absolute atomic E-state index is 3.48. The molecule has 1 N–H and O–H groups in total. The van der Waals surface area contributed by atoms with E-state index in [0.29, 0.717) is 5.41 Å². The van der Waals surface area contributed by atoms with Gasteiger partial charge < -0.3 is 5.32 Å². The minimum Gasteiger partial charge on any atom is -0.314 e. The molecule has 1 nitrogen and oxygen atoms in total. The smallest absolute Gasteiger partial charge is 0.00421 e. The lowest BCUT2D eigenvalue weighted by molar-refractivity contribution is 0.258. The van der Waals surface area contributed by atoms with Gasteiger partial charge in [-0.05, 0) is 31.2 Å². The normalized spacial score (nSPS) is 34.8. The molecule has 1 aliphatic rings. The predicted molar refractivity (Wildman–Crippen MR) is 45.0 cm³/mol. The van der Waals surface area contributed by atoms with Crippen molar-refractivity contribution in [2.24, 2.45) is 11.3 Å². The highest BCUT2D eigenvalue weighted by Crippen LogP contribution is 2.32. The van der Waals surface area contributed by atoms with Gasteiger partial charge in [-0.15, -0.1) is 0 Å². The first kappa shape index (κ1) is 8.06. The van der Waals surface area contributed by atoms with E-state index in [-0.39, 0.29) is 0 Å². The molecule has 1 saturated heterocycles. The molecule has 0 spiro atoms. The van der Waals surface area contributed by atoms with E-state index in [1.165, 1.54) is 13.0 Å². The van der Waals surface area contributed by atoms with E-state index in [9.17, 15) is 0 Å². The van der Waals surface area contributed by atoms with Crippen molar-refractivity contribution in [3.63, 3.8) is 0 Å². The van der Waals surface area contributed by atoms with Crippen LogP contribution in [0.25, 0.3) is 0 Å². The zero-order valence-electron chi connectivity index (χ0n) is 7.57. The summed E-state index contributed by atoms with van der Waals surface area (Å²) in [6.07, 6.45) is 1.35. The first-order chi connectivity index (χ1) is 4.50. The average molecular weight is 141 g/mol. The highest BCUT2D eigenvalue weighted by Gasteiger charge is 2.30. The highest BCUT2D eigenvalue weighted by molar-refractivity contribution is 4.85. The summed E-state index contributed by atoms with van der Waals surface area (Å²) in [6, 6.07) is 0.740. The maximum atomic E-state index is 3.48. The van der Waals surface area contributed by atoms with Crippen molar-refractivity contribution >= 4 is 0 Å². The SMILES string of the molecule is CC1CC(C(C)(C)C)CN1. The van der Waals surface area contributed by atoms with Crippen LogP contribution in [0.15, 0.2) is 0 Å². The summed E-state index contributed by atoms with van der Waals surface area (Å²) in [4.78, 5) is 0. The summed E-state index contributed by atoms with van der Waals surface area (Å²) in [5.41, 5.74) is 0.498. The average Bonchev–Trinajstić information content (AvgIpc) is 2.11. The molecule has 1 heteroatoms. The van der Waals surface area contributed by atoms with Gasteiger partial charge in [0.2, 0.25) is 0 Å². The second-order valence-corrected chi connectivity index (χ2v) is 4.61. The minimum atomic E-state index is 0.498. The Bertz CT molecular complexity index is 112. The van der Waals surface area contributed by atoms with Crippen LogP contribution in [0, 0.1) is 11.3 Å². The van der Waals surface area contributed by atoms with Gasteiger partial charge in [-0.3, -0.25) is 0 Å². The van der Waals surface area contributed by atoms with Crippen molar-refractivity contribution in [1.82, 2.24) is 5.32 Å². The monoisotopic (exact) mass is 141 g/mol. The van der Waals surface area contributed by atoms with E-state index < -0.39 is 0 Å². The summed E-state index contributed by atoms with van der Waals surface area (Å²) in [5.74, 6) is 0.877. The Balaban J connectivity index is 2.45. The number of hydrogen-bond acceptors (Lipinski definition) is 1. The van der Waals surface area contributed by atoms with E-state index in [0.717, 1.165) is 12.0 Å². The standard InChI is InChI=1S/C9H19N/c1-7-5-8(6-10-7)9(2,3)4/h7-8,10H,5-6H2,1-4H3. The van der Waals surface area contributed by atoms with Crippen molar-refractivity contribution in [2.45, 2.75) is 40.2 Å². The lowest BCUT2D eigenvalue weighted by Crippen LogP contribution is -2.22. The highest BCUT2D eigenvalue weighted by atomic mass is 14.9. The molecule has 2 unspecified atom stereocenters. The van der Waals surface area contributed by atoms with Crippen LogP contribution in [-0.2, 0) is 0 Å². The first-order valence-corrected chi connectivity index (χ1v) is 4.23. The van der Waals surface area contributed by atoms with Crippen molar-refractivity contribution in [2.75, 3.05) is 6.54 Å². The largest absolute Gasteiger partial charge is 0.314 e. The molecular weight excluding hydrogens is 122 g/mol. The van der Waals surface area contributed by atoms with Crippen LogP contribution >= 0.6 is 0 Å². The molecule has 0 aromatic rings. The second kappa shape index (κ2) is 2.54. The van der Waals surface area contributed by atoms with Gasteiger partial charge in [0.15, 0.2) is 0 Å². The number of rotatable bonds is 0. The fraction of sp³-hybridized carbons (Fsp3) is 1.00. The Kier molecular flexibility index (Phi) is 2.04. The quantitative estimate of drug-likeness (QED) is 0.544. The molecule has 0 aromatic heterocycles. The molecule has 0 saturated carbocycles. The summed E-state index contributed by atoms with van der Waals surface area (Å²) in [7, 11) is 0. The van der Waals surface area contributed by atoms with E-state index in [4.69, 9.17) is 0 Å². The van der Waals surface area contributed by atoms with Crippen LogP contribution in [0.4, 0.5) is 0 Å². The van der Waals surface area contributed by atoms with Gasteiger partial charge in [-0.25, -0.2) is 0 Å². The Morgan fingerprint density at radius 3 is 2.10 bits per heavy atom. The molecular formula is C9H19N. The van der Waals surface area contributed by atoms with Crippen LogP contribution in [0.5, 0.6) is 0 Å². The first-order valence-electron chi connectivity index (χ1n) is 4.23. The molecule has 0 radical (unpaired) electrons. The zero-order valence-corrected chi connectivity index (χ0v) is 7.57. The van der Waals surface area contributed by atoms with Gasteiger partial charge in [0.1, 0.15) is 0 Å². The van der Waals surface area contributed by atoms with E-state index in [2.05, 4.69) is 33.0 Å². The molecule has 0 aliphatic carbocycles. The van der Waals surface area contributed by atoms with E-state index in [1.54, 1.807) is 0 Å². The number of nitrogens with one attached hydrogen (secondary N) is 1. The third-order valence-electron chi connectivity index (χ3n) is 2.58. The van der Waals surface area contributed by atoms with E-state index >= 15 is 0 Å². The van der Waals surface area contributed by atoms with Gasteiger partial charge in [0.25, 0.3) is 0 Å². The molecule has 0 amide bonds. The zero-order chi connectivity index (χ0) is 7.78. The molecule has 1 rings (SSSR count). The summed E-state index contributed by atoms with van der Waals surface area (Å²) >= 11 is 0. The van der Waals surface area contributed by atoms with Crippen LogP contribution in [-0.4, -0.2) is 12.6 Å². The molecule has 60 valence electrons. The third kappa shape index (κ3) is 1.72. The lowest BCUT2D eigenvalue weighted by Gasteiger charge is -2.25. The maximum Gasteiger partial charge on any atom is 0.00421 e. The fourth-order valence-electron chi connectivity index (χ4n) is 1.60. The van der Waals surface area contributed by atoms with Crippen molar-refractivity contribution < 1.29 is 0 Å². The Labute approximate surface area is 64.2 Å². The van der Waals surface area contributed by atoms with Crippen molar-refractivity contribution in [3.8, 4) is 0 Å². The topological polar surface area (TPSA) is 12.0 Å². The van der Waals surface area contributed by atoms with Gasteiger partial charge in [0.05, 0.1) is 0 Å². The van der Waals surface area contributed by atoms with Crippen LogP contribution in [0.3, 0.4) is 0 Å².